The lowest BCUT2D eigenvalue weighted by Gasteiger charge is -2.32. The zero-order valence-electron chi connectivity index (χ0n) is 16.6. The van der Waals surface area contributed by atoms with Gasteiger partial charge in [-0.2, -0.15) is 0 Å². The average molecular weight is 399 g/mol. The molecule has 1 heterocycles. The first-order valence-corrected chi connectivity index (χ1v) is 9.13. The predicted octanol–water partition coefficient (Wildman–Crippen LogP) is 3.31. The van der Waals surface area contributed by atoms with Gasteiger partial charge in [-0.25, -0.2) is 0 Å². The first-order valence-electron chi connectivity index (χ1n) is 9.13. The number of carbonyl (C=O) groups excluding carboxylic acids is 1. The van der Waals surface area contributed by atoms with Crippen LogP contribution in [0.5, 0.6) is 0 Å². The molecule has 2 N–H and O–H groups in total. The van der Waals surface area contributed by atoms with Gasteiger partial charge in [-0.1, -0.05) is 20.8 Å². The lowest BCUT2D eigenvalue weighted by Crippen LogP contribution is -2.39. The SMILES string of the molecule is CC1CCN(c2ccc(C(=O)N(C)CC(C)(C)CN)cc2[N+](=O)[O-])CC1.Cl. The molecule has 7 nitrogen and oxygen atoms in total. The fraction of sp³-hybridized carbons (Fsp3) is 0.632. The summed E-state index contributed by atoms with van der Waals surface area (Å²) in [6.07, 6.45) is 2.05. The summed E-state index contributed by atoms with van der Waals surface area (Å²) in [6.45, 7) is 8.73. The molecule has 27 heavy (non-hydrogen) atoms. The van der Waals surface area contributed by atoms with E-state index in [9.17, 15) is 14.9 Å². The normalized spacial score (nSPS) is 15.2. The Morgan fingerprint density at radius 1 is 1.37 bits per heavy atom. The molecule has 0 unspecified atom stereocenters. The Morgan fingerprint density at radius 3 is 2.48 bits per heavy atom. The molecule has 1 fully saturated rings. The standard InChI is InChI=1S/C19H30N4O3.ClH/c1-14-7-9-22(10-8-14)16-6-5-15(11-17(16)23(25)26)18(24)21(4)13-19(2,3)12-20;/h5-6,11,14H,7-10,12-13,20H2,1-4H3;1H. The van der Waals surface area contributed by atoms with E-state index in [-0.39, 0.29) is 29.4 Å². The zero-order valence-corrected chi connectivity index (χ0v) is 17.4. The number of amides is 1. The van der Waals surface area contributed by atoms with Crippen molar-refractivity contribution in [3.8, 4) is 0 Å². The number of anilines is 1. The predicted molar refractivity (Wildman–Crippen MR) is 111 cm³/mol. The van der Waals surface area contributed by atoms with Crippen molar-refractivity contribution < 1.29 is 9.72 Å². The van der Waals surface area contributed by atoms with Gasteiger partial charge in [0, 0.05) is 38.3 Å². The van der Waals surface area contributed by atoms with Crippen LogP contribution in [0, 0.1) is 21.4 Å². The number of nitrogens with two attached hydrogens (primary N) is 1. The van der Waals surface area contributed by atoms with Gasteiger partial charge in [0.1, 0.15) is 5.69 Å². The van der Waals surface area contributed by atoms with E-state index in [1.165, 1.54) is 6.07 Å². The third-order valence-corrected chi connectivity index (χ3v) is 5.11. The first kappa shape index (κ1) is 23.2. The van der Waals surface area contributed by atoms with Gasteiger partial charge in [0.15, 0.2) is 0 Å². The van der Waals surface area contributed by atoms with Crippen molar-refractivity contribution in [3.63, 3.8) is 0 Å². The lowest BCUT2D eigenvalue weighted by molar-refractivity contribution is -0.384. The number of piperidine rings is 1. The van der Waals surface area contributed by atoms with Crippen LogP contribution in [0.2, 0.25) is 0 Å². The summed E-state index contributed by atoms with van der Waals surface area (Å²) in [5.74, 6) is 0.416. The van der Waals surface area contributed by atoms with Gasteiger partial charge < -0.3 is 15.5 Å². The fourth-order valence-corrected chi connectivity index (χ4v) is 3.32. The third-order valence-electron chi connectivity index (χ3n) is 5.11. The fourth-order valence-electron chi connectivity index (χ4n) is 3.32. The van der Waals surface area contributed by atoms with E-state index in [1.54, 1.807) is 24.1 Å². The molecule has 1 aliphatic rings. The second kappa shape index (κ2) is 9.37. The highest BCUT2D eigenvalue weighted by Gasteiger charge is 2.27. The van der Waals surface area contributed by atoms with Crippen LogP contribution in [-0.4, -0.2) is 49.0 Å². The van der Waals surface area contributed by atoms with Crippen molar-refractivity contribution in [2.75, 3.05) is 38.1 Å². The van der Waals surface area contributed by atoms with E-state index in [2.05, 4.69) is 6.92 Å². The van der Waals surface area contributed by atoms with Crippen LogP contribution >= 0.6 is 12.4 Å². The summed E-state index contributed by atoms with van der Waals surface area (Å²) in [6, 6.07) is 4.81. The molecular formula is C19H31ClN4O3. The largest absolute Gasteiger partial charge is 0.366 e. The van der Waals surface area contributed by atoms with Crippen LogP contribution in [0.1, 0.15) is 44.0 Å². The minimum atomic E-state index is -0.395. The zero-order chi connectivity index (χ0) is 19.5. The number of rotatable bonds is 6. The second-order valence-electron chi connectivity index (χ2n) is 8.16. The summed E-state index contributed by atoms with van der Waals surface area (Å²) in [5, 5.41) is 11.6. The van der Waals surface area contributed by atoms with Crippen molar-refractivity contribution >= 4 is 29.7 Å². The number of nitrogens with zero attached hydrogens (tertiary/aromatic N) is 3. The summed E-state index contributed by atoms with van der Waals surface area (Å²) < 4.78 is 0. The van der Waals surface area contributed by atoms with Crippen LogP contribution in [0.25, 0.3) is 0 Å². The van der Waals surface area contributed by atoms with E-state index < -0.39 is 4.92 Å². The number of nitro groups is 1. The van der Waals surface area contributed by atoms with E-state index in [0.29, 0.717) is 30.3 Å². The van der Waals surface area contributed by atoms with Crippen molar-refractivity contribution in [3.05, 3.63) is 33.9 Å². The van der Waals surface area contributed by atoms with E-state index in [0.717, 1.165) is 25.9 Å². The quantitative estimate of drug-likeness (QED) is 0.586. The Hall–Kier alpha value is -1.86. The molecule has 1 saturated heterocycles. The van der Waals surface area contributed by atoms with Crippen molar-refractivity contribution in [1.29, 1.82) is 0 Å². The molecule has 1 amide bonds. The van der Waals surface area contributed by atoms with Crippen molar-refractivity contribution in [1.82, 2.24) is 4.90 Å². The third kappa shape index (κ3) is 5.81. The maximum Gasteiger partial charge on any atom is 0.293 e. The first-order chi connectivity index (χ1) is 12.1. The number of nitro benzene ring substituents is 1. The number of benzene rings is 1. The van der Waals surface area contributed by atoms with Crippen LogP contribution in [0.4, 0.5) is 11.4 Å². The number of carbonyl (C=O) groups is 1. The Balaban J connectivity index is 0.00000364. The molecule has 0 saturated carbocycles. The van der Waals surface area contributed by atoms with E-state index >= 15 is 0 Å². The molecule has 0 spiro atoms. The molecule has 0 radical (unpaired) electrons. The van der Waals surface area contributed by atoms with Gasteiger partial charge >= 0.3 is 0 Å². The van der Waals surface area contributed by atoms with Gasteiger partial charge in [0.25, 0.3) is 11.6 Å². The molecule has 8 heteroatoms. The van der Waals surface area contributed by atoms with Crippen molar-refractivity contribution in [2.45, 2.75) is 33.6 Å². The number of hydrogen-bond acceptors (Lipinski definition) is 5. The van der Waals surface area contributed by atoms with Gasteiger partial charge in [-0.3, -0.25) is 14.9 Å². The van der Waals surface area contributed by atoms with Gasteiger partial charge in [0.05, 0.1) is 4.92 Å². The van der Waals surface area contributed by atoms with Crippen LogP contribution in [-0.2, 0) is 0 Å². The highest BCUT2D eigenvalue weighted by Crippen LogP contribution is 2.32. The molecule has 1 aliphatic heterocycles. The summed E-state index contributed by atoms with van der Waals surface area (Å²) in [5.41, 5.74) is 6.46. The average Bonchev–Trinajstić information content (AvgIpc) is 2.61. The van der Waals surface area contributed by atoms with Gasteiger partial charge in [-0.15, -0.1) is 12.4 Å². The van der Waals surface area contributed by atoms with Gasteiger partial charge in [0.2, 0.25) is 0 Å². The molecule has 0 aliphatic carbocycles. The van der Waals surface area contributed by atoms with Crippen molar-refractivity contribution in [2.24, 2.45) is 17.1 Å². The Kier molecular flexibility index (Phi) is 8.04. The topological polar surface area (TPSA) is 92.7 Å². The molecule has 1 aromatic carbocycles. The Bertz CT molecular complexity index is 673. The molecule has 0 aromatic heterocycles. The molecule has 1 aromatic rings. The maximum atomic E-state index is 12.7. The summed E-state index contributed by atoms with van der Waals surface area (Å²) in [7, 11) is 1.70. The number of halogens is 1. The molecule has 152 valence electrons. The second-order valence-corrected chi connectivity index (χ2v) is 8.16. The molecule has 0 atom stereocenters. The monoisotopic (exact) mass is 398 g/mol. The minimum absolute atomic E-state index is 0. The summed E-state index contributed by atoms with van der Waals surface area (Å²) in [4.78, 5) is 27.5. The van der Waals surface area contributed by atoms with Crippen LogP contribution < -0.4 is 10.6 Å². The minimum Gasteiger partial charge on any atom is -0.366 e. The Labute approximate surface area is 167 Å². The Morgan fingerprint density at radius 2 is 1.96 bits per heavy atom. The molecule has 2 rings (SSSR count). The number of hydrogen-bond donors (Lipinski definition) is 1. The highest BCUT2D eigenvalue weighted by molar-refractivity contribution is 5.95. The summed E-state index contributed by atoms with van der Waals surface area (Å²) >= 11 is 0. The molecular weight excluding hydrogens is 368 g/mol. The maximum absolute atomic E-state index is 12.7. The van der Waals surface area contributed by atoms with Crippen LogP contribution in [0.15, 0.2) is 18.2 Å². The lowest BCUT2D eigenvalue weighted by atomic mass is 9.93. The highest BCUT2D eigenvalue weighted by atomic mass is 35.5. The van der Waals surface area contributed by atoms with E-state index in [4.69, 9.17) is 5.73 Å². The van der Waals surface area contributed by atoms with Gasteiger partial charge in [-0.05, 0) is 42.9 Å². The molecule has 0 bridgehead atoms. The smallest absolute Gasteiger partial charge is 0.293 e. The van der Waals surface area contributed by atoms with Crippen LogP contribution in [0.3, 0.4) is 0 Å². The van der Waals surface area contributed by atoms with E-state index in [1.807, 2.05) is 18.7 Å².